The molecule has 1 aliphatic rings. The lowest BCUT2D eigenvalue weighted by atomic mass is 10.2. The van der Waals surface area contributed by atoms with Crippen molar-refractivity contribution in [3.63, 3.8) is 0 Å². The second kappa shape index (κ2) is 9.93. The van der Waals surface area contributed by atoms with Gasteiger partial charge in [0.15, 0.2) is 0 Å². The zero-order chi connectivity index (χ0) is 23.5. The fourth-order valence-electron chi connectivity index (χ4n) is 3.21. The molecule has 0 radical (unpaired) electrons. The zero-order valence-electron chi connectivity index (χ0n) is 18.5. The largest absolute Gasteiger partial charge is 0.494 e. The molecule has 0 bridgehead atoms. The van der Waals surface area contributed by atoms with Gasteiger partial charge in [0.2, 0.25) is 21.8 Å². The van der Waals surface area contributed by atoms with E-state index in [1.807, 2.05) is 31.2 Å². The highest BCUT2D eigenvalue weighted by Crippen LogP contribution is 2.41. The van der Waals surface area contributed by atoms with Gasteiger partial charge in [-0.2, -0.15) is 0 Å². The number of benzene rings is 2. The van der Waals surface area contributed by atoms with Crippen LogP contribution in [-0.4, -0.2) is 57.5 Å². The fraction of sp³-hybridized carbons (Fsp3) is 0.364. The maximum atomic E-state index is 12.8. The van der Waals surface area contributed by atoms with Gasteiger partial charge in [0, 0.05) is 39.0 Å². The number of anilines is 1. The van der Waals surface area contributed by atoms with E-state index in [9.17, 15) is 18.0 Å². The van der Waals surface area contributed by atoms with Crippen LogP contribution >= 0.6 is 11.8 Å². The molecule has 0 saturated carbocycles. The van der Waals surface area contributed by atoms with Crippen LogP contribution in [0, 0.1) is 0 Å². The summed E-state index contributed by atoms with van der Waals surface area (Å²) in [7, 11) is 0.903. The second-order valence-corrected chi connectivity index (χ2v) is 10.9. The molecule has 2 aromatic carbocycles. The van der Waals surface area contributed by atoms with Crippen LogP contribution in [0.2, 0.25) is 0 Å². The van der Waals surface area contributed by atoms with E-state index >= 15 is 0 Å². The van der Waals surface area contributed by atoms with Gasteiger partial charge in [0.1, 0.15) is 5.75 Å². The maximum Gasteiger partial charge on any atom is 0.242 e. The topological polar surface area (TPSA) is 96.0 Å². The summed E-state index contributed by atoms with van der Waals surface area (Å²) < 4.78 is 31.4. The van der Waals surface area contributed by atoms with Gasteiger partial charge in [-0.3, -0.25) is 9.59 Å². The number of thioether (sulfide) groups is 1. The van der Waals surface area contributed by atoms with E-state index in [1.54, 1.807) is 13.1 Å². The number of fused-ring (bicyclic) bond motifs is 1. The summed E-state index contributed by atoms with van der Waals surface area (Å²) in [6, 6.07) is 12.2. The smallest absolute Gasteiger partial charge is 0.242 e. The van der Waals surface area contributed by atoms with Crippen molar-refractivity contribution in [1.82, 2.24) is 9.62 Å². The Labute approximate surface area is 193 Å². The molecule has 0 spiro atoms. The van der Waals surface area contributed by atoms with Crippen molar-refractivity contribution in [3.05, 3.63) is 48.0 Å². The minimum absolute atomic E-state index is 0.0298. The molecule has 32 heavy (non-hydrogen) atoms. The Balaban J connectivity index is 1.65. The Kier molecular flexibility index (Phi) is 7.47. The Morgan fingerprint density at radius 1 is 1.19 bits per heavy atom. The fourth-order valence-corrected chi connectivity index (χ4v) is 5.39. The first-order valence-corrected chi connectivity index (χ1v) is 12.4. The quantitative estimate of drug-likeness (QED) is 0.628. The number of nitrogens with one attached hydrogen (secondary N) is 1. The van der Waals surface area contributed by atoms with Crippen LogP contribution in [-0.2, 0) is 26.2 Å². The van der Waals surface area contributed by atoms with Crippen molar-refractivity contribution in [3.8, 4) is 5.75 Å². The summed E-state index contributed by atoms with van der Waals surface area (Å²) in [5.41, 5.74) is 1.45. The first-order chi connectivity index (χ1) is 15.1. The molecule has 2 aromatic rings. The van der Waals surface area contributed by atoms with Gasteiger partial charge >= 0.3 is 0 Å². The van der Waals surface area contributed by atoms with Crippen molar-refractivity contribution >= 4 is 39.3 Å². The molecular weight excluding hydrogens is 450 g/mol. The van der Waals surface area contributed by atoms with Gasteiger partial charge in [-0.1, -0.05) is 12.1 Å². The second-order valence-electron chi connectivity index (χ2n) is 7.48. The van der Waals surface area contributed by atoms with Crippen molar-refractivity contribution < 1.29 is 22.7 Å². The molecule has 0 saturated heterocycles. The molecule has 1 atom stereocenters. The summed E-state index contributed by atoms with van der Waals surface area (Å²) >= 11 is 1.28. The number of rotatable bonds is 8. The number of amides is 2. The molecule has 1 heterocycles. The molecule has 3 rings (SSSR count). The van der Waals surface area contributed by atoms with Gasteiger partial charge in [0.25, 0.3) is 0 Å². The van der Waals surface area contributed by atoms with Crippen LogP contribution in [0.25, 0.3) is 0 Å². The number of sulfonamides is 1. The number of hydrogen-bond acceptors (Lipinski definition) is 6. The van der Waals surface area contributed by atoms with Crippen LogP contribution < -0.4 is 15.0 Å². The highest BCUT2D eigenvalue weighted by Gasteiger charge is 2.34. The Hall–Kier alpha value is -2.56. The average molecular weight is 478 g/mol. The van der Waals surface area contributed by atoms with E-state index in [4.69, 9.17) is 4.74 Å². The van der Waals surface area contributed by atoms with E-state index in [0.29, 0.717) is 18.8 Å². The minimum Gasteiger partial charge on any atom is -0.494 e. The van der Waals surface area contributed by atoms with Crippen LogP contribution in [0.5, 0.6) is 5.75 Å². The van der Waals surface area contributed by atoms with E-state index in [1.165, 1.54) is 42.9 Å². The average Bonchev–Trinajstić information content (AvgIpc) is 2.76. The molecule has 10 heteroatoms. The number of carbonyl (C=O) groups is 2. The first kappa shape index (κ1) is 24.1. The summed E-state index contributed by atoms with van der Waals surface area (Å²) in [5.74, 6) is 0.307. The monoisotopic (exact) mass is 477 g/mol. The van der Waals surface area contributed by atoms with Crippen molar-refractivity contribution in [1.29, 1.82) is 0 Å². The lowest BCUT2D eigenvalue weighted by Gasteiger charge is -2.31. The van der Waals surface area contributed by atoms with Gasteiger partial charge in [-0.15, -0.1) is 11.8 Å². The van der Waals surface area contributed by atoms with Gasteiger partial charge in [0.05, 0.1) is 22.4 Å². The van der Waals surface area contributed by atoms with Crippen molar-refractivity contribution in [2.45, 2.75) is 34.9 Å². The van der Waals surface area contributed by atoms with Crippen LogP contribution in [0.15, 0.2) is 52.3 Å². The standard InChI is InChI=1S/C22H27N3O5S2/c1-5-30-16-8-6-15(7-9-16)14-23-21(26)13-20-22(27)25(4)18-12-17(10-11-19(18)31-20)32(28,29)24(2)3/h6-12,20H,5,13-14H2,1-4H3,(H,23,26)/t20-/m1/s1. The SMILES string of the molecule is CCOc1ccc(CNC(=O)C[C@H]2Sc3ccc(S(=O)(=O)N(C)C)cc3N(C)C2=O)cc1. The van der Waals surface area contributed by atoms with Gasteiger partial charge in [-0.05, 0) is 42.8 Å². The molecule has 0 fully saturated rings. The third-order valence-corrected chi connectivity index (χ3v) is 8.10. The molecular formula is C22H27N3O5S2. The highest BCUT2D eigenvalue weighted by atomic mass is 32.2. The van der Waals surface area contributed by atoms with Crippen LogP contribution in [0.4, 0.5) is 5.69 Å². The zero-order valence-corrected chi connectivity index (χ0v) is 20.1. The van der Waals surface area contributed by atoms with E-state index in [-0.39, 0.29) is 23.1 Å². The lowest BCUT2D eigenvalue weighted by Crippen LogP contribution is -2.41. The molecule has 1 aliphatic heterocycles. The van der Waals surface area contributed by atoms with Gasteiger partial charge in [-0.25, -0.2) is 12.7 Å². The number of hydrogen-bond donors (Lipinski definition) is 1. The predicted molar refractivity (Wildman–Crippen MR) is 124 cm³/mol. The molecule has 172 valence electrons. The minimum atomic E-state index is -3.61. The number of nitrogens with zero attached hydrogens (tertiary/aromatic N) is 2. The Morgan fingerprint density at radius 2 is 1.88 bits per heavy atom. The van der Waals surface area contributed by atoms with Crippen LogP contribution in [0.1, 0.15) is 18.9 Å². The van der Waals surface area contributed by atoms with E-state index in [0.717, 1.165) is 20.5 Å². The molecule has 2 amide bonds. The summed E-state index contributed by atoms with van der Waals surface area (Å²) in [5, 5.41) is 2.27. The number of carbonyl (C=O) groups excluding carboxylic acids is 2. The molecule has 0 unspecified atom stereocenters. The highest BCUT2D eigenvalue weighted by molar-refractivity contribution is 8.01. The molecule has 0 aromatic heterocycles. The molecule has 8 nitrogen and oxygen atoms in total. The van der Waals surface area contributed by atoms with Gasteiger partial charge < -0.3 is 15.0 Å². The Morgan fingerprint density at radius 3 is 2.50 bits per heavy atom. The van der Waals surface area contributed by atoms with Crippen LogP contribution in [0.3, 0.4) is 0 Å². The normalized spacial score (nSPS) is 16.1. The van der Waals surface area contributed by atoms with E-state index in [2.05, 4.69) is 5.32 Å². The predicted octanol–water partition coefficient (Wildman–Crippen LogP) is 2.48. The lowest BCUT2D eigenvalue weighted by molar-refractivity contribution is -0.124. The number of ether oxygens (including phenoxy) is 1. The summed E-state index contributed by atoms with van der Waals surface area (Å²) in [4.78, 5) is 27.6. The summed E-state index contributed by atoms with van der Waals surface area (Å²) in [6.07, 6.45) is 0.0298. The third-order valence-electron chi connectivity index (χ3n) is 5.04. The summed E-state index contributed by atoms with van der Waals surface area (Å²) in [6.45, 7) is 2.86. The Bertz CT molecular complexity index is 1100. The third kappa shape index (κ3) is 5.25. The molecule has 0 aliphatic carbocycles. The molecule has 1 N–H and O–H groups in total. The maximum absolute atomic E-state index is 12.8. The van der Waals surface area contributed by atoms with E-state index < -0.39 is 15.3 Å². The van der Waals surface area contributed by atoms with Crippen molar-refractivity contribution in [2.75, 3.05) is 32.6 Å². The first-order valence-electron chi connectivity index (χ1n) is 10.1. The van der Waals surface area contributed by atoms with Crippen molar-refractivity contribution in [2.24, 2.45) is 0 Å².